The van der Waals surface area contributed by atoms with E-state index in [0.29, 0.717) is 11.4 Å². The highest BCUT2D eigenvalue weighted by Crippen LogP contribution is 2.12. The molecule has 12 heteroatoms. The largest absolute Gasteiger partial charge is 0.364 e. The third-order valence-electron chi connectivity index (χ3n) is 1.81. The monoisotopic (exact) mass is 282 g/mol. The van der Waals surface area contributed by atoms with Gasteiger partial charge in [0.2, 0.25) is 0 Å². The van der Waals surface area contributed by atoms with Gasteiger partial charge in [-0.15, -0.1) is 0 Å². The van der Waals surface area contributed by atoms with Crippen LogP contribution in [-0.4, -0.2) is 22.0 Å². The molecule has 0 unspecified atom stereocenters. The first-order chi connectivity index (χ1) is 9.36. The maximum absolute atomic E-state index is 10.1. The first kappa shape index (κ1) is 14.6. The summed E-state index contributed by atoms with van der Waals surface area (Å²) in [5.41, 5.74) is 11.4. The number of nitrogens with one attached hydrogen (secondary N) is 2. The summed E-state index contributed by atoms with van der Waals surface area (Å²) in [6, 6.07) is 6.02. The number of anilines is 2. The number of nitro groups is 2. The molecule has 6 N–H and O–H groups in total. The Kier molecular flexibility index (Phi) is 4.74. The van der Waals surface area contributed by atoms with E-state index in [1.54, 1.807) is 0 Å². The predicted octanol–water partition coefficient (Wildman–Crippen LogP) is -0.477. The smallest absolute Gasteiger partial charge is 0.270 e. The van der Waals surface area contributed by atoms with Gasteiger partial charge in [0.15, 0.2) is 10.1 Å². The van der Waals surface area contributed by atoms with Crippen LogP contribution < -0.4 is 22.1 Å². The summed E-state index contributed by atoms with van der Waals surface area (Å²) in [6.45, 7) is 0. The van der Waals surface area contributed by atoms with Crippen LogP contribution in [0.15, 0.2) is 34.5 Å². The summed E-state index contributed by atoms with van der Waals surface area (Å²) in [5.74, 6) is -0.768. The zero-order valence-electron chi connectivity index (χ0n) is 9.89. The zero-order chi connectivity index (χ0) is 15.1. The molecule has 0 radical (unpaired) electrons. The van der Waals surface area contributed by atoms with Crippen molar-refractivity contribution in [2.45, 2.75) is 0 Å². The number of hydrazone groups is 2. The fourth-order valence-electron chi connectivity index (χ4n) is 1.16. The lowest BCUT2D eigenvalue weighted by atomic mass is 10.3. The van der Waals surface area contributed by atoms with Gasteiger partial charge in [-0.05, 0) is 24.3 Å². The molecule has 0 fully saturated rings. The molecule has 0 saturated carbocycles. The molecule has 0 spiro atoms. The van der Waals surface area contributed by atoms with Crippen LogP contribution in [0.3, 0.4) is 0 Å². The van der Waals surface area contributed by atoms with Crippen molar-refractivity contribution in [3.8, 4) is 0 Å². The van der Waals surface area contributed by atoms with Crippen LogP contribution >= 0.6 is 0 Å². The highest BCUT2D eigenvalue weighted by atomic mass is 16.7. The van der Waals surface area contributed by atoms with Gasteiger partial charge in [0.1, 0.15) is 10.2 Å². The van der Waals surface area contributed by atoms with E-state index in [4.69, 9.17) is 11.5 Å². The molecular formula is C8H10N8O4. The summed E-state index contributed by atoms with van der Waals surface area (Å²) in [7, 11) is 0. The summed E-state index contributed by atoms with van der Waals surface area (Å²) in [4.78, 5) is 20.1. The number of guanidine groups is 2. The Bertz CT molecular complexity index is 515. The van der Waals surface area contributed by atoms with Crippen molar-refractivity contribution in [2.75, 3.05) is 10.6 Å². The molecule has 12 nitrogen and oxygen atoms in total. The van der Waals surface area contributed by atoms with Gasteiger partial charge in [0.05, 0.1) is 0 Å². The maximum Gasteiger partial charge on any atom is 0.270 e. The molecule has 0 saturated heterocycles. The number of nitrogens with zero attached hydrogens (tertiary/aromatic N) is 4. The van der Waals surface area contributed by atoms with Crippen LogP contribution in [0.5, 0.6) is 0 Å². The van der Waals surface area contributed by atoms with Crippen LogP contribution in [0.4, 0.5) is 11.4 Å². The molecule has 0 aliphatic carbocycles. The molecule has 0 aromatic heterocycles. The lowest BCUT2D eigenvalue weighted by molar-refractivity contribution is -0.485. The normalized spacial score (nSPS) is 11.8. The Hall–Kier alpha value is -3.44. The van der Waals surface area contributed by atoms with Gasteiger partial charge < -0.3 is 22.1 Å². The molecule has 0 heterocycles. The fraction of sp³-hybridized carbons (Fsp3) is 0. The van der Waals surface area contributed by atoms with Gasteiger partial charge in [-0.1, -0.05) is 0 Å². The number of rotatable bonds is 4. The van der Waals surface area contributed by atoms with Crippen LogP contribution in [0.2, 0.25) is 0 Å². The highest BCUT2D eigenvalue weighted by molar-refractivity contribution is 5.93. The second-order valence-corrected chi connectivity index (χ2v) is 3.27. The average Bonchev–Trinajstić information content (AvgIpc) is 2.29. The minimum absolute atomic E-state index is 0.384. The Labute approximate surface area is 111 Å². The quantitative estimate of drug-likeness (QED) is 0.246. The second-order valence-electron chi connectivity index (χ2n) is 3.27. The lowest BCUT2D eigenvalue weighted by Gasteiger charge is -2.05. The van der Waals surface area contributed by atoms with Crippen molar-refractivity contribution in [3.05, 3.63) is 44.5 Å². The first-order valence-electron chi connectivity index (χ1n) is 4.98. The maximum atomic E-state index is 10.1. The Morgan fingerprint density at radius 1 is 0.900 bits per heavy atom. The summed E-state index contributed by atoms with van der Waals surface area (Å²) in [6.07, 6.45) is 0. The van der Waals surface area contributed by atoms with Crippen molar-refractivity contribution in [2.24, 2.45) is 21.7 Å². The number of hydrogen-bond donors (Lipinski definition) is 4. The van der Waals surface area contributed by atoms with Gasteiger partial charge in [-0.2, -0.15) is 0 Å². The van der Waals surface area contributed by atoms with E-state index in [2.05, 4.69) is 20.8 Å². The SMILES string of the molecule is N/C(=N\[N+](=O)[O-])Nc1ccc(N/C(N)=N/[N+](=O)[O-])cc1. The van der Waals surface area contributed by atoms with Crippen LogP contribution in [0.25, 0.3) is 0 Å². The van der Waals surface area contributed by atoms with Crippen molar-refractivity contribution >= 4 is 23.3 Å². The molecule has 106 valence electrons. The number of hydrogen-bond acceptors (Lipinski definition) is 4. The molecular weight excluding hydrogens is 272 g/mol. The van der Waals surface area contributed by atoms with Crippen molar-refractivity contribution < 1.29 is 10.1 Å². The van der Waals surface area contributed by atoms with E-state index in [9.17, 15) is 20.2 Å². The highest BCUT2D eigenvalue weighted by Gasteiger charge is 2.02. The van der Waals surface area contributed by atoms with E-state index in [0.717, 1.165) is 0 Å². The third-order valence-corrected chi connectivity index (χ3v) is 1.81. The molecule has 0 amide bonds. The van der Waals surface area contributed by atoms with E-state index < -0.39 is 10.1 Å². The molecule has 0 bridgehead atoms. The first-order valence-corrected chi connectivity index (χ1v) is 4.98. The fourth-order valence-corrected chi connectivity index (χ4v) is 1.16. The topological polar surface area (TPSA) is 187 Å². The molecule has 1 aromatic carbocycles. The Morgan fingerprint density at radius 3 is 1.45 bits per heavy atom. The van der Waals surface area contributed by atoms with Crippen LogP contribution in [0.1, 0.15) is 0 Å². The lowest BCUT2D eigenvalue weighted by Crippen LogP contribution is -2.24. The standard InChI is InChI=1S/C8H10N8O4/c9-7(13-15(17)18)11-5-1-2-6(4-3-5)12-8(10)14-16(19)20/h1-4H,(H3,9,11,13)(H3,10,12,14). The van der Waals surface area contributed by atoms with Gasteiger partial charge in [0, 0.05) is 11.4 Å². The number of benzene rings is 1. The molecule has 1 rings (SSSR count). The van der Waals surface area contributed by atoms with Crippen molar-refractivity contribution in [3.63, 3.8) is 0 Å². The summed E-state index contributed by atoms with van der Waals surface area (Å²) in [5, 5.41) is 28.9. The van der Waals surface area contributed by atoms with E-state index in [1.807, 2.05) is 0 Å². The van der Waals surface area contributed by atoms with E-state index in [-0.39, 0.29) is 11.9 Å². The third kappa shape index (κ3) is 5.26. The predicted molar refractivity (Wildman–Crippen MR) is 70.9 cm³/mol. The minimum Gasteiger partial charge on any atom is -0.364 e. The summed E-state index contributed by atoms with van der Waals surface area (Å²) < 4.78 is 0. The Balaban J connectivity index is 2.70. The molecule has 20 heavy (non-hydrogen) atoms. The van der Waals surface area contributed by atoms with Crippen LogP contribution in [0, 0.1) is 20.2 Å². The second kappa shape index (κ2) is 6.48. The van der Waals surface area contributed by atoms with Gasteiger partial charge in [-0.3, -0.25) is 0 Å². The van der Waals surface area contributed by atoms with E-state index in [1.165, 1.54) is 24.3 Å². The zero-order valence-corrected chi connectivity index (χ0v) is 9.89. The Morgan fingerprint density at radius 2 is 1.20 bits per heavy atom. The molecule has 0 aliphatic rings. The van der Waals surface area contributed by atoms with Crippen molar-refractivity contribution in [1.82, 2.24) is 0 Å². The van der Waals surface area contributed by atoms with Crippen molar-refractivity contribution in [1.29, 1.82) is 0 Å². The average molecular weight is 282 g/mol. The molecule has 1 aromatic rings. The van der Waals surface area contributed by atoms with Gasteiger partial charge in [-0.25, -0.2) is 20.2 Å². The summed E-state index contributed by atoms with van der Waals surface area (Å²) >= 11 is 0. The minimum atomic E-state index is -0.937. The molecule has 0 aliphatic heterocycles. The number of nitrogens with two attached hydrogens (primary N) is 2. The van der Waals surface area contributed by atoms with E-state index >= 15 is 0 Å². The molecule has 0 atom stereocenters. The van der Waals surface area contributed by atoms with Gasteiger partial charge >= 0.3 is 0 Å². The van der Waals surface area contributed by atoms with Gasteiger partial charge in [0.25, 0.3) is 11.9 Å². The van der Waals surface area contributed by atoms with Crippen LogP contribution in [-0.2, 0) is 0 Å².